The first kappa shape index (κ1) is 15.8. The third-order valence-corrected chi connectivity index (χ3v) is 4.82. The monoisotopic (exact) mass is 346 g/mol. The molecular formula is C13H12Cl2N2O3S. The molecule has 0 aromatic heterocycles. The van der Waals surface area contributed by atoms with Crippen molar-refractivity contribution < 1.29 is 13.2 Å². The molecule has 8 heteroatoms. The largest absolute Gasteiger partial charge is 0.495 e. The fraction of sp³-hybridized carbons (Fsp3) is 0.0769. The smallest absolute Gasteiger partial charge is 0.265 e. The van der Waals surface area contributed by atoms with Crippen molar-refractivity contribution in [3.05, 3.63) is 46.4 Å². The average molecular weight is 347 g/mol. The molecule has 0 saturated carbocycles. The number of sulfonamides is 1. The Bertz CT molecular complexity index is 759. The lowest BCUT2D eigenvalue weighted by Gasteiger charge is -2.14. The number of benzene rings is 2. The van der Waals surface area contributed by atoms with Crippen LogP contribution in [0.3, 0.4) is 0 Å². The third kappa shape index (κ3) is 3.34. The predicted octanol–water partition coefficient (Wildman–Crippen LogP) is 3.39. The summed E-state index contributed by atoms with van der Waals surface area (Å²) in [6.07, 6.45) is 0. The Labute approximate surface area is 132 Å². The first-order chi connectivity index (χ1) is 9.85. The number of anilines is 2. The molecule has 0 fully saturated rings. The summed E-state index contributed by atoms with van der Waals surface area (Å²) < 4.78 is 32.4. The van der Waals surface area contributed by atoms with Gasteiger partial charge in [0.15, 0.2) is 0 Å². The highest BCUT2D eigenvalue weighted by Crippen LogP contribution is 2.33. The highest BCUT2D eigenvalue weighted by molar-refractivity contribution is 7.93. The Hall–Kier alpha value is -1.63. The first-order valence-corrected chi connectivity index (χ1v) is 7.99. The van der Waals surface area contributed by atoms with Crippen LogP contribution in [-0.2, 0) is 10.0 Å². The molecule has 21 heavy (non-hydrogen) atoms. The fourth-order valence-corrected chi connectivity index (χ4v) is 3.68. The Morgan fingerprint density at radius 3 is 2.52 bits per heavy atom. The number of nitrogens with two attached hydrogens (primary N) is 1. The van der Waals surface area contributed by atoms with E-state index in [1.807, 2.05) is 0 Å². The van der Waals surface area contributed by atoms with Crippen LogP contribution in [-0.4, -0.2) is 15.5 Å². The van der Waals surface area contributed by atoms with Gasteiger partial charge in [0.1, 0.15) is 10.6 Å². The fourth-order valence-electron chi connectivity index (χ4n) is 1.76. The van der Waals surface area contributed by atoms with Crippen molar-refractivity contribution in [3.8, 4) is 5.75 Å². The zero-order chi connectivity index (χ0) is 15.6. The van der Waals surface area contributed by atoms with Crippen LogP contribution in [0, 0.1) is 0 Å². The molecule has 3 N–H and O–H groups in total. The van der Waals surface area contributed by atoms with Crippen molar-refractivity contribution in [3.63, 3.8) is 0 Å². The van der Waals surface area contributed by atoms with Gasteiger partial charge in [0.05, 0.1) is 23.5 Å². The van der Waals surface area contributed by atoms with E-state index in [0.29, 0.717) is 10.8 Å². The number of hydrogen-bond acceptors (Lipinski definition) is 4. The summed E-state index contributed by atoms with van der Waals surface area (Å²) in [5, 5.41) is 0.393. The van der Waals surface area contributed by atoms with Crippen LogP contribution in [0.4, 0.5) is 11.4 Å². The van der Waals surface area contributed by atoms with Gasteiger partial charge in [-0.05, 0) is 30.3 Å². The molecule has 0 saturated heterocycles. The minimum Gasteiger partial charge on any atom is -0.495 e. The molecule has 112 valence electrons. The van der Waals surface area contributed by atoms with Crippen molar-refractivity contribution in [2.24, 2.45) is 0 Å². The van der Waals surface area contributed by atoms with Gasteiger partial charge in [-0.1, -0.05) is 29.3 Å². The number of halogens is 2. The Morgan fingerprint density at radius 2 is 1.90 bits per heavy atom. The van der Waals surface area contributed by atoms with E-state index < -0.39 is 10.0 Å². The molecule has 0 unspecified atom stereocenters. The Kier molecular flexibility index (Phi) is 4.51. The topological polar surface area (TPSA) is 81.4 Å². The van der Waals surface area contributed by atoms with E-state index in [2.05, 4.69) is 4.72 Å². The van der Waals surface area contributed by atoms with Gasteiger partial charge in [-0.25, -0.2) is 8.42 Å². The Morgan fingerprint density at radius 1 is 1.19 bits per heavy atom. The molecule has 0 aliphatic carbocycles. The molecule has 0 spiro atoms. The molecule has 2 rings (SSSR count). The molecule has 0 bridgehead atoms. The molecule has 2 aromatic rings. The van der Waals surface area contributed by atoms with Crippen LogP contribution in [0.5, 0.6) is 5.75 Å². The summed E-state index contributed by atoms with van der Waals surface area (Å²) in [4.78, 5) is -0.186. The number of nitrogens with one attached hydrogen (secondary N) is 1. The highest BCUT2D eigenvalue weighted by atomic mass is 35.5. The molecule has 0 aliphatic rings. The second kappa shape index (κ2) is 6.01. The van der Waals surface area contributed by atoms with Crippen LogP contribution in [0.25, 0.3) is 0 Å². The zero-order valence-electron chi connectivity index (χ0n) is 10.9. The standard InChI is InChI=1S/C13H12Cl2N2O3S/c1-20-12-6-5-8(14)7-11(12)17-21(18,19)13-9(15)3-2-4-10(13)16/h2-7,17H,16H2,1H3. The van der Waals surface area contributed by atoms with Crippen LogP contribution in [0.1, 0.15) is 0 Å². The lowest BCUT2D eigenvalue weighted by molar-refractivity contribution is 0.417. The van der Waals surface area contributed by atoms with Gasteiger partial charge in [-0.15, -0.1) is 0 Å². The van der Waals surface area contributed by atoms with E-state index in [0.717, 1.165) is 0 Å². The SMILES string of the molecule is COc1ccc(Cl)cc1NS(=O)(=O)c1c(N)cccc1Cl. The molecule has 0 aliphatic heterocycles. The van der Waals surface area contributed by atoms with Crippen molar-refractivity contribution in [2.45, 2.75) is 4.90 Å². The number of hydrogen-bond donors (Lipinski definition) is 2. The second-order valence-electron chi connectivity index (χ2n) is 4.11. The van der Waals surface area contributed by atoms with Gasteiger partial charge in [0.2, 0.25) is 0 Å². The van der Waals surface area contributed by atoms with E-state index in [1.54, 1.807) is 18.2 Å². The van der Waals surface area contributed by atoms with Gasteiger partial charge < -0.3 is 10.5 Å². The molecule has 0 heterocycles. The van der Waals surface area contributed by atoms with Crippen molar-refractivity contribution in [2.75, 3.05) is 17.6 Å². The molecule has 0 amide bonds. The van der Waals surface area contributed by atoms with E-state index in [-0.39, 0.29) is 21.3 Å². The van der Waals surface area contributed by atoms with Gasteiger partial charge in [-0.2, -0.15) is 0 Å². The predicted molar refractivity (Wildman–Crippen MR) is 84.7 cm³/mol. The summed E-state index contributed by atoms with van der Waals surface area (Å²) in [7, 11) is -2.55. The van der Waals surface area contributed by atoms with Gasteiger partial charge >= 0.3 is 0 Å². The number of methoxy groups -OCH3 is 1. The maximum Gasteiger partial charge on any atom is 0.265 e. The van der Waals surface area contributed by atoms with Crippen molar-refractivity contribution in [1.29, 1.82) is 0 Å². The van der Waals surface area contributed by atoms with Crippen LogP contribution in [0.15, 0.2) is 41.3 Å². The zero-order valence-corrected chi connectivity index (χ0v) is 13.3. The maximum absolute atomic E-state index is 12.4. The Balaban J connectivity index is 2.50. The van der Waals surface area contributed by atoms with Crippen molar-refractivity contribution in [1.82, 2.24) is 0 Å². The lowest BCUT2D eigenvalue weighted by Crippen LogP contribution is -2.16. The molecule has 5 nitrogen and oxygen atoms in total. The summed E-state index contributed by atoms with van der Waals surface area (Å²) in [5.41, 5.74) is 5.95. The molecule has 0 radical (unpaired) electrons. The van der Waals surface area contributed by atoms with Crippen LogP contribution >= 0.6 is 23.2 Å². The minimum atomic E-state index is -3.97. The number of rotatable bonds is 4. The van der Waals surface area contributed by atoms with E-state index in [1.165, 1.54) is 25.3 Å². The quantitative estimate of drug-likeness (QED) is 0.831. The molecule has 0 atom stereocenters. The summed E-state index contributed by atoms with van der Waals surface area (Å²) in [6, 6.07) is 9.04. The van der Waals surface area contributed by atoms with Gasteiger partial charge in [0, 0.05) is 5.02 Å². The lowest BCUT2D eigenvalue weighted by atomic mass is 10.3. The van der Waals surface area contributed by atoms with Crippen LogP contribution in [0.2, 0.25) is 10.0 Å². The number of ether oxygens (including phenoxy) is 1. The molecular weight excluding hydrogens is 335 g/mol. The van der Waals surface area contributed by atoms with Crippen molar-refractivity contribution >= 4 is 44.6 Å². The second-order valence-corrected chi connectivity index (χ2v) is 6.57. The third-order valence-electron chi connectivity index (χ3n) is 2.67. The van der Waals surface area contributed by atoms with Gasteiger partial charge in [0.25, 0.3) is 10.0 Å². The van der Waals surface area contributed by atoms with Crippen LogP contribution < -0.4 is 15.2 Å². The maximum atomic E-state index is 12.4. The highest BCUT2D eigenvalue weighted by Gasteiger charge is 2.22. The summed E-state index contributed by atoms with van der Waals surface area (Å²) in [5.74, 6) is 0.327. The van der Waals surface area contributed by atoms with E-state index >= 15 is 0 Å². The number of nitrogen functional groups attached to an aromatic ring is 1. The first-order valence-electron chi connectivity index (χ1n) is 5.75. The normalized spacial score (nSPS) is 11.2. The van der Waals surface area contributed by atoms with E-state index in [9.17, 15) is 8.42 Å². The average Bonchev–Trinajstić information content (AvgIpc) is 2.37. The van der Waals surface area contributed by atoms with E-state index in [4.69, 9.17) is 33.7 Å². The molecule has 2 aromatic carbocycles. The minimum absolute atomic E-state index is 0.0310. The summed E-state index contributed by atoms with van der Waals surface area (Å²) >= 11 is 11.8. The van der Waals surface area contributed by atoms with Gasteiger partial charge in [-0.3, -0.25) is 4.72 Å². The summed E-state index contributed by atoms with van der Waals surface area (Å²) in [6.45, 7) is 0.